The van der Waals surface area contributed by atoms with Crippen molar-refractivity contribution in [2.24, 2.45) is 11.7 Å². The van der Waals surface area contributed by atoms with Crippen LogP contribution in [0.3, 0.4) is 0 Å². The van der Waals surface area contributed by atoms with Gasteiger partial charge in [0, 0.05) is 37.7 Å². The minimum atomic E-state index is -1.47. The highest BCUT2D eigenvalue weighted by Gasteiger charge is 2.43. The Kier molecular flexibility index (Phi) is 18.4. The minimum Gasteiger partial charge on any atom is -0.381 e. The lowest BCUT2D eigenvalue weighted by Gasteiger charge is -2.30. The summed E-state index contributed by atoms with van der Waals surface area (Å²) in [5.41, 5.74) is 8.74. The molecule has 6 N–H and O–H groups in total. The molecule has 14 heteroatoms. The Hall–Kier alpha value is -3.69. The van der Waals surface area contributed by atoms with Gasteiger partial charge in [-0.15, -0.1) is 0 Å². The third-order valence-corrected chi connectivity index (χ3v) is 11.2. The van der Waals surface area contributed by atoms with Crippen molar-refractivity contribution < 1.29 is 38.5 Å². The van der Waals surface area contributed by atoms with Crippen molar-refractivity contribution in [1.29, 1.82) is 0 Å². The molecule has 0 radical (unpaired) electrons. The molecule has 0 bridgehead atoms. The Morgan fingerprint density at radius 1 is 0.947 bits per heavy atom. The predicted molar refractivity (Wildman–Crippen MR) is 216 cm³/mol. The van der Waals surface area contributed by atoms with Crippen LogP contribution in [0.1, 0.15) is 88.2 Å². The molecule has 2 heterocycles. The molecule has 2 saturated heterocycles. The van der Waals surface area contributed by atoms with Gasteiger partial charge in [-0.2, -0.15) is 0 Å². The van der Waals surface area contributed by atoms with Crippen molar-refractivity contribution in [2.45, 2.75) is 121 Å². The number of carbonyl (C=O) groups is 4. The van der Waals surface area contributed by atoms with Gasteiger partial charge >= 0.3 is 0 Å². The Bertz CT molecular complexity index is 1600. The summed E-state index contributed by atoms with van der Waals surface area (Å²) in [6.45, 7) is 2.41. The van der Waals surface area contributed by atoms with Gasteiger partial charge in [-0.3, -0.25) is 24.5 Å². The van der Waals surface area contributed by atoms with E-state index in [0.717, 1.165) is 49.7 Å². The molecule has 1 unspecified atom stereocenters. The smallest absolute Gasteiger partial charge is 0.289 e. The van der Waals surface area contributed by atoms with Crippen LogP contribution < -0.4 is 21.7 Å². The fourth-order valence-electron chi connectivity index (χ4n) is 7.57. The summed E-state index contributed by atoms with van der Waals surface area (Å²) >= 11 is 6.09. The number of aliphatic hydroxyl groups is 1. The molecule has 3 fully saturated rings. The van der Waals surface area contributed by atoms with Crippen molar-refractivity contribution in [1.82, 2.24) is 20.9 Å². The van der Waals surface area contributed by atoms with Crippen LogP contribution in [-0.4, -0.2) is 97.0 Å². The minimum absolute atomic E-state index is 0.0948. The van der Waals surface area contributed by atoms with Gasteiger partial charge in [-0.1, -0.05) is 72.1 Å². The molecule has 2 aromatic rings. The number of nitrogens with zero attached hydrogens (tertiary/aromatic N) is 1. The molecule has 5 atom stereocenters. The highest BCUT2D eigenvalue weighted by Crippen LogP contribution is 2.27. The zero-order valence-electron chi connectivity index (χ0n) is 32.9. The number of hydrogen-bond donors (Lipinski definition) is 5. The number of carbonyl (C=O) groups excluding carboxylic acids is 4. The van der Waals surface area contributed by atoms with Gasteiger partial charge in [0.05, 0.1) is 31.4 Å². The molecular weight excluding hydrogens is 750 g/mol. The number of ether oxygens (including phenoxy) is 3. The second-order valence-corrected chi connectivity index (χ2v) is 15.7. The summed E-state index contributed by atoms with van der Waals surface area (Å²) in [6, 6.07) is 13.6. The molecule has 5 rings (SSSR count). The van der Waals surface area contributed by atoms with Gasteiger partial charge < -0.3 is 40.6 Å². The highest BCUT2D eigenvalue weighted by molar-refractivity contribution is 6.38. The first-order valence-corrected chi connectivity index (χ1v) is 20.9. The molecule has 2 aliphatic heterocycles. The van der Waals surface area contributed by atoms with E-state index in [-0.39, 0.29) is 44.9 Å². The number of allylic oxidation sites excluding steroid dienone is 1. The molecule has 0 spiro atoms. The van der Waals surface area contributed by atoms with Gasteiger partial charge in [-0.05, 0) is 99.9 Å². The van der Waals surface area contributed by atoms with Crippen molar-refractivity contribution in [3.8, 4) is 0 Å². The summed E-state index contributed by atoms with van der Waals surface area (Å²) in [6.07, 6.45) is 8.65. The first-order valence-electron chi connectivity index (χ1n) is 20.5. The van der Waals surface area contributed by atoms with Gasteiger partial charge in [0.25, 0.3) is 5.91 Å². The van der Waals surface area contributed by atoms with E-state index < -0.39 is 54.1 Å². The average Bonchev–Trinajstić information content (AvgIpc) is 3.68. The Labute approximate surface area is 341 Å². The molecule has 1 saturated carbocycles. The number of rotatable bonds is 21. The zero-order valence-corrected chi connectivity index (χ0v) is 33.6. The largest absolute Gasteiger partial charge is 0.381 e. The van der Waals surface area contributed by atoms with Crippen LogP contribution in [0.2, 0.25) is 5.02 Å². The Balaban J connectivity index is 1.33. The van der Waals surface area contributed by atoms with Crippen molar-refractivity contribution >= 4 is 35.1 Å². The SMILES string of the molecule is NCCCC[C@H](NC(=O)[C@@H]1C[C@@H](OCc2ccc(Cl)cc2)CN1C(=O)[C@@H](CC=C1CCCCC1)NC(O)OCc1ccccc1)C(=O)C(=O)NCC1CCOCC1. The fraction of sp³-hybridized carbons (Fsp3) is 0.581. The monoisotopic (exact) mass is 809 g/mol. The number of benzene rings is 2. The van der Waals surface area contributed by atoms with E-state index in [1.54, 1.807) is 12.1 Å². The maximum atomic E-state index is 14.6. The number of Topliss-reactive ketones (excluding diaryl/α,β-unsaturated/α-hetero) is 1. The number of unbranched alkanes of at least 4 members (excludes halogenated alkanes) is 1. The summed E-state index contributed by atoms with van der Waals surface area (Å²) in [7, 11) is 0. The predicted octanol–water partition coefficient (Wildman–Crippen LogP) is 4.28. The third-order valence-electron chi connectivity index (χ3n) is 11.0. The van der Waals surface area contributed by atoms with E-state index in [2.05, 4.69) is 22.0 Å². The second-order valence-electron chi connectivity index (χ2n) is 15.3. The first kappa shape index (κ1) is 44.4. The fourth-order valence-corrected chi connectivity index (χ4v) is 7.70. The number of nitrogens with two attached hydrogens (primary N) is 1. The molecule has 3 aliphatic rings. The number of hydrogen-bond acceptors (Lipinski definition) is 10. The number of likely N-dealkylation sites (tertiary alicyclic amines) is 1. The third kappa shape index (κ3) is 14.6. The van der Waals surface area contributed by atoms with E-state index in [0.29, 0.717) is 44.2 Å². The lowest BCUT2D eigenvalue weighted by molar-refractivity contribution is -0.152. The lowest BCUT2D eigenvalue weighted by atomic mass is 9.93. The number of nitrogens with one attached hydrogen (secondary N) is 3. The quantitative estimate of drug-likeness (QED) is 0.0529. The maximum Gasteiger partial charge on any atom is 0.289 e. The summed E-state index contributed by atoms with van der Waals surface area (Å²) in [4.78, 5) is 57.2. The molecule has 57 heavy (non-hydrogen) atoms. The van der Waals surface area contributed by atoms with Gasteiger partial charge in [0.2, 0.25) is 24.0 Å². The summed E-state index contributed by atoms with van der Waals surface area (Å²) < 4.78 is 17.4. The number of aliphatic hydroxyl groups excluding tert-OH is 1. The highest BCUT2D eigenvalue weighted by atomic mass is 35.5. The van der Waals surface area contributed by atoms with Crippen LogP contribution in [0.4, 0.5) is 0 Å². The van der Waals surface area contributed by atoms with Crippen LogP contribution in [0.5, 0.6) is 0 Å². The van der Waals surface area contributed by atoms with E-state index >= 15 is 0 Å². The summed E-state index contributed by atoms with van der Waals surface area (Å²) in [5.74, 6) is -2.26. The van der Waals surface area contributed by atoms with Gasteiger partial charge in [-0.25, -0.2) is 0 Å². The number of ketones is 1. The molecule has 0 aromatic heterocycles. The molecule has 2 aromatic carbocycles. The van der Waals surface area contributed by atoms with E-state index in [4.69, 9.17) is 31.5 Å². The lowest BCUT2D eigenvalue weighted by Crippen LogP contribution is -2.57. The Morgan fingerprint density at radius 2 is 1.67 bits per heavy atom. The Morgan fingerprint density at radius 3 is 2.39 bits per heavy atom. The van der Waals surface area contributed by atoms with Crippen LogP contribution >= 0.6 is 11.6 Å². The van der Waals surface area contributed by atoms with Gasteiger partial charge in [0.15, 0.2) is 0 Å². The van der Waals surface area contributed by atoms with Crippen LogP contribution in [0, 0.1) is 5.92 Å². The molecule has 13 nitrogen and oxygen atoms in total. The average molecular weight is 810 g/mol. The first-order chi connectivity index (χ1) is 27.7. The van der Waals surface area contributed by atoms with Crippen LogP contribution in [0.15, 0.2) is 66.2 Å². The second kappa shape index (κ2) is 23.6. The van der Waals surface area contributed by atoms with Crippen LogP contribution in [-0.2, 0) is 46.6 Å². The topological polar surface area (TPSA) is 182 Å². The van der Waals surface area contributed by atoms with Gasteiger partial charge in [0.1, 0.15) is 6.04 Å². The number of amides is 3. The van der Waals surface area contributed by atoms with Crippen molar-refractivity contribution in [3.05, 3.63) is 82.4 Å². The molecular formula is C43H60ClN5O8. The number of halogens is 1. The normalized spacial score (nSPS) is 20.4. The van der Waals surface area contributed by atoms with E-state index in [9.17, 15) is 24.3 Å². The van der Waals surface area contributed by atoms with Crippen molar-refractivity contribution in [2.75, 3.05) is 32.8 Å². The summed E-state index contributed by atoms with van der Waals surface area (Å²) in [5, 5.41) is 20.2. The maximum absolute atomic E-state index is 14.6. The van der Waals surface area contributed by atoms with Crippen LogP contribution in [0.25, 0.3) is 0 Å². The molecule has 3 amide bonds. The standard InChI is InChI=1S/C43H60ClN5O8/c44-34-17-14-33(15-18-34)28-56-35-25-38(40(51)47-36(13-7-8-22-45)39(50)41(52)46-26-31-20-23-55-24-21-31)49(27-35)42(53)37(19-16-30-9-3-1-4-10-30)48-43(54)57-29-32-11-5-2-6-12-32/h2,5-6,11-12,14-18,31,35-38,43,48,54H,1,3-4,7-10,13,19-29,45H2,(H,46,52)(H,47,51)/t35-,36+,37-,38+,43?/m1/s1. The zero-order chi connectivity index (χ0) is 40.4. The van der Waals surface area contributed by atoms with E-state index in [1.165, 1.54) is 16.9 Å². The molecule has 312 valence electrons. The molecule has 1 aliphatic carbocycles. The van der Waals surface area contributed by atoms with E-state index in [1.807, 2.05) is 42.5 Å². The van der Waals surface area contributed by atoms with Crippen molar-refractivity contribution in [3.63, 3.8) is 0 Å².